The van der Waals surface area contributed by atoms with Gasteiger partial charge in [0.1, 0.15) is 5.82 Å². The Kier molecular flexibility index (Phi) is 4.17. The molecule has 0 aromatic heterocycles. The van der Waals surface area contributed by atoms with Crippen LogP contribution in [-0.4, -0.2) is 40.0 Å². The van der Waals surface area contributed by atoms with Gasteiger partial charge in [0, 0.05) is 19.0 Å². The highest BCUT2D eigenvalue weighted by molar-refractivity contribution is 5.95. The molecule has 1 fully saturated rings. The third kappa shape index (κ3) is 2.99. The van der Waals surface area contributed by atoms with E-state index in [0.29, 0.717) is 25.1 Å². The van der Waals surface area contributed by atoms with Crippen LogP contribution in [0, 0.1) is 27.7 Å². The zero-order chi connectivity index (χ0) is 15.7. The van der Waals surface area contributed by atoms with E-state index in [4.69, 9.17) is 0 Å². The summed E-state index contributed by atoms with van der Waals surface area (Å²) in [4.78, 5) is 22.9. The fourth-order valence-electron chi connectivity index (χ4n) is 2.38. The van der Waals surface area contributed by atoms with Gasteiger partial charge in [-0.2, -0.15) is 4.39 Å². The normalized spacial score (nSPS) is 19.6. The quantitative estimate of drug-likeness (QED) is 0.680. The standard InChI is InChI=1S/C13H14F2N2O4/c1-7(18)8-2-3-16(6-8)13(19)9-4-11(15)12(17(20)21)5-10(9)14/h4-5,7-8,18H,2-3,6H2,1H3. The van der Waals surface area contributed by atoms with Crippen LogP contribution in [0.25, 0.3) is 0 Å². The lowest BCUT2D eigenvalue weighted by Crippen LogP contribution is -2.31. The van der Waals surface area contributed by atoms with Crippen LogP contribution >= 0.6 is 0 Å². The van der Waals surface area contributed by atoms with Gasteiger partial charge in [-0.1, -0.05) is 0 Å². The van der Waals surface area contributed by atoms with Gasteiger partial charge in [0.2, 0.25) is 5.82 Å². The molecule has 1 amide bonds. The molecule has 6 nitrogen and oxygen atoms in total. The topological polar surface area (TPSA) is 83.7 Å². The van der Waals surface area contributed by atoms with E-state index in [1.807, 2.05) is 0 Å². The number of hydrogen-bond acceptors (Lipinski definition) is 4. The van der Waals surface area contributed by atoms with Crippen LogP contribution in [0.3, 0.4) is 0 Å². The van der Waals surface area contributed by atoms with Crippen molar-refractivity contribution in [3.05, 3.63) is 39.4 Å². The van der Waals surface area contributed by atoms with E-state index >= 15 is 0 Å². The summed E-state index contributed by atoms with van der Waals surface area (Å²) in [5, 5.41) is 20.0. The Morgan fingerprint density at radius 3 is 2.67 bits per heavy atom. The Morgan fingerprint density at radius 1 is 1.48 bits per heavy atom. The zero-order valence-corrected chi connectivity index (χ0v) is 11.3. The summed E-state index contributed by atoms with van der Waals surface area (Å²) in [6.45, 7) is 2.17. The first-order chi connectivity index (χ1) is 9.81. The fraction of sp³-hybridized carbons (Fsp3) is 0.462. The van der Waals surface area contributed by atoms with E-state index < -0.39 is 39.8 Å². The Hall–Kier alpha value is -2.09. The average Bonchev–Trinajstić information content (AvgIpc) is 2.89. The molecular formula is C13H14F2N2O4. The molecule has 114 valence electrons. The molecular weight excluding hydrogens is 286 g/mol. The number of halogens is 2. The van der Waals surface area contributed by atoms with Crippen molar-refractivity contribution in [2.45, 2.75) is 19.4 Å². The van der Waals surface area contributed by atoms with Gasteiger partial charge < -0.3 is 10.0 Å². The predicted molar refractivity (Wildman–Crippen MR) is 68.7 cm³/mol. The number of carbonyl (C=O) groups excluding carboxylic acids is 1. The average molecular weight is 300 g/mol. The minimum Gasteiger partial charge on any atom is -0.393 e. The number of carbonyl (C=O) groups is 1. The molecule has 2 atom stereocenters. The van der Waals surface area contributed by atoms with Crippen LogP contribution in [0.15, 0.2) is 12.1 Å². The van der Waals surface area contributed by atoms with Gasteiger partial charge in [0.05, 0.1) is 22.7 Å². The van der Waals surface area contributed by atoms with E-state index in [-0.39, 0.29) is 12.5 Å². The lowest BCUT2D eigenvalue weighted by molar-refractivity contribution is -0.387. The van der Waals surface area contributed by atoms with Crippen molar-refractivity contribution in [2.75, 3.05) is 13.1 Å². The van der Waals surface area contributed by atoms with Crippen LogP contribution in [0.1, 0.15) is 23.7 Å². The third-order valence-corrected chi connectivity index (χ3v) is 3.66. The van der Waals surface area contributed by atoms with Gasteiger partial charge >= 0.3 is 5.69 Å². The van der Waals surface area contributed by atoms with Crippen LogP contribution in [-0.2, 0) is 0 Å². The summed E-state index contributed by atoms with van der Waals surface area (Å²) in [5.74, 6) is -3.23. The number of nitrogens with zero attached hydrogens (tertiary/aromatic N) is 2. The third-order valence-electron chi connectivity index (χ3n) is 3.66. The number of aliphatic hydroxyl groups excluding tert-OH is 1. The van der Waals surface area contributed by atoms with Crippen molar-refractivity contribution in [1.29, 1.82) is 0 Å². The lowest BCUT2D eigenvalue weighted by atomic mass is 10.0. The summed E-state index contributed by atoms with van der Waals surface area (Å²) >= 11 is 0. The second kappa shape index (κ2) is 5.72. The molecule has 0 saturated carbocycles. The minimum atomic E-state index is -1.25. The maximum atomic E-state index is 13.8. The maximum Gasteiger partial charge on any atom is 0.307 e. The number of likely N-dealkylation sites (tertiary alicyclic amines) is 1. The Balaban J connectivity index is 2.25. The highest BCUT2D eigenvalue weighted by atomic mass is 19.1. The molecule has 2 unspecified atom stereocenters. The van der Waals surface area contributed by atoms with Crippen molar-refractivity contribution in [3.8, 4) is 0 Å². The highest BCUT2D eigenvalue weighted by Gasteiger charge is 2.32. The number of nitro groups is 1. The number of aliphatic hydroxyl groups is 1. The van der Waals surface area contributed by atoms with E-state index in [2.05, 4.69) is 0 Å². The number of nitro benzene ring substituents is 1. The fourth-order valence-corrected chi connectivity index (χ4v) is 2.38. The zero-order valence-electron chi connectivity index (χ0n) is 11.3. The molecule has 1 aromatic rings. The summed E-state index contributed by atoms with van der Waals surface area (Å²) in [7, 11) is 0. The number of benzene rings is 1. The number of rotatable bonds is 3. The second-order valence-electron chi connectivity index (χ2n) is 5.08. The first kappa shape index (κ1) is 15.3. The van der Waals surface area contributed by atoms with Gasteiger partial charge in [0.25, 0.3) is 5.91 Å². The van der Waals surface area contributed by atoms with E-state index in [0.717, 1.165) is 0 Å². The van der Waals surface area contributed by atoms with Crippen molar-refractivity contribution in [2.24, 2.45) is 5.92 Å². The molecule has 21 heavy (non-hydrogen) atoms. The first-order valence-corrected chi connectivity index (χ1v) is 6.42. The van der Waals surface area contributed by atoms with Crippen LogP contribution in [0.5, 0.6) is 0 Å². The molecule has 0 radical (unpaired) electrons. The van der Waals surface area contributed by atoms with Gasteiger partial charge in [-0.05, 0) is 19.4 Å². The summed E-state index contributed by atoms with van der Waals surface area (Å²) in [5.41, 5.74) is -1.54. The summed E-state index contributed by atoms with van der Waals surface area (Å²) in [6.07, 6.45) is -0.0261. The maximum absolute atomic E-state index is 13.8. The van der Waals surface area contributed by atoms with Crippen LogP contribution in [0.4, 0.5) is 14.5 Å². The molecule has 1 aliphatic rings. The van der Waals surface area contributed by atoms with Crippen molar-refractivity contribution >= 4 is 11.6 Å². The van der Waals surface area contributed by atoms with E-state index in [9.17, 15) is 28.8 Å². The molecule has 2 rings (SSSR count). The second-order valence-corrected chi connectivity index (χ2v) is 5.08. The Morgan fingerprint density at radius 2 is 2.14 bits per heavy atom. The van der Waals surface area contributed by atoms with Gasteiger partial charge in [-0.15, -0.1) is 0 Å². The monoisotopic (exact) mass is 300 g/mol. The van der Waals surface area contributed by atoms with Gasteiger partial charge in [0.15, 0.2) is 0 Å². The largest absolute Gasteiger partial charge is 0.393 e. The first-order valence-electron chi connectivity index (χ1n) is 6.42. The van der Waals surface area contributed by atoms with Crippen molar-refractivity contribution < 1.29 is 23.6 Å². The molecule has 0 bridgehead atoms. The van der Waals surface area contributed by atoms with E-state index in [1.165, 1.54) is 4.90 Å². The van der Waals surface area contributed by atoms with Crippen LogP contribution < -0.4 is 0 Å². The highest BCUT2D eigenvalue weighted by Crippen LogP contribution is 2.25. The lowest BCUT2D eigenvalue weighted by Gasteiger charge is -2.18. The molecule has 0 spiro atoms. The molecule has 1 saturated heterocycles. The van der Waals surface area contributed by atoms with Crippen LogP contribution in [0.2, 0.25) is 0 Å². The van der Waals surface area contributed by atoms with Gasteiger partial charge in [-0.3, -0.25) is 14.9 Å². The predicted octanol–water partition coefficient (Wildman–Crippen LogP) is 1.72. The Bertz CT molecular complexity index is 592. The van der Waals surface area contributed by atoms with E-state index in [1.54, 1.807) is 6.92 Å². The minimum absolute atomic E-state index is 0.111. The number of amides is 1. The number of hydrogen-bond donors (Lipinski definition) is 1. The summed E-state index contributed by atoms with van der Waals surface area (Å²) < 4.78 is 27.3. The molecule has 1 N–H and O–H groups in total. The Labute approximate surface area is 119 Å². The SMILES string of the molecule is CC(O)C1CCN(C(=O)c2cc(F)c([N+](=O)[O-])cc2F)C1. The molecule has 1 aliphatic heterocycles. The smallest absolute Gasteiger partial charge is 0.307 e. The summed E-state index contributed by atoms with van der Waals surface area (Å²) in [6, 6.07) is 0.955. The molecule has 1 aromatic carbocycles. The van der Waals surface area contributed by atoms with Crippen molar-refractivity contribution in [1.82, 2.24) is 4.90 Å². The molecule has 0 aliphatic carbocycles. The van der Waals surface area contributed by atoms with Crippen molar-refractivity contribution in [3.63, 3.8) is 0 Å². The molecule has 1 heterocycles. The van der Waals surface area contributed by atoms with Gasteiger partial charge in [-0.25, -0.2) is 4.39 Å². The molecule has 8 heteroatoms.